The Kier molecular flexibility index (Phi) is 5.31. The maximum atomic E-state index is 11.4. The van der Waals surface area contributed by atoms with Gasteiger partial charge in [-0.15, -0.1) is 0 Å². The first kappa shape index (κ1) is 16.2. The van der Waals surface area contributed by atoms with Crippen molar-refractivity contribution in [2.75, 3.05) is 7.11 Å². The minimum Gasteiger partial charge on any atom is -0.464 e. The van der Waals surface area contributed by atoms with Crippen LogP contribution in [0.5, 0.6) is 11.5 Å². The molecule has 0 bridgehead atoms. The Balaban J connectivity index is 2.38. The molecule has 114 valence electrons. The molecule has 0 aliphatic rings. The molecule has 6 heteroatoms. The average Bonchev–Trinajstić information content (AvgIpc) is 2.49. The molecule has 0 atom stereocenters. The number of nitrogens with two attached hydrogens (primary N) is 1. The van der Waals surface area contributed by atoms with Crippen molar-refractivity contribution in [2.45, 2.75) is 0 Å². The predicted molar refractivity (Wildman–Crippen MR) is 87.2 cm³/mol. The predicted octanol–water partition coefficient (Wildman–Crippen LogP) is 4.26. The summed E-state index contributed by atoms with van der Waals surface area (Å²) in [6.45, 7) is 0. The van der Waals surface area contributed by atoms with Gasteiger partial charge in [-0.2, -0.15) is 0 Å². The number of benzene rings is 2. The van der Waals surface area contributed by atoms with Crippen LogP contribution in [-0.2, 0) is 9.53 Å². The Morgan fingerprint density at radius 2 is 1.86 bits per heavy atom. The molecule has 2 rings (SSSR count). The second kappa shape index (κ2) is 7.20. The fourth-order valence-corrected chi connectivity index (χ4v) is 2.06. The minimum absolute atomic E-state index is 0.0410. The minimum atomic E-state index is -0.622. The third kappa shape index (κ3) is 4.16. The van der Waals surface area contributed by atoms with Crippen molar-refractivity contribution in [3.05, 3.63) is 63.8 Å². The van der Waals surface area contributed by atoms with Crippen LogP contribution in [0.2, 0.25) is 10.0 Å². The summed E-state index contributed by atoms with van der Waals surface area (Å²) in [6, 6.07) is 11.9. The molecule has 0 aliphatic carbocycles. The zero-order chi connectivity index (χ0) is 16.1. The van der Waals surface area contributed by atoms with Gasteiger partial charge in [-0.3, -0.25) is 0 Å². The standard InChI is InChI=1S/C16H13Cl2NO3/c1-21-16(20)14(19)7-10-5-6-12(18)9-15(10)22-13-4-2-3-11(17)8-13/h2-9H,19H2,1H3/b14-7-. The summed E-state index contributed by atoms with van der Waals surface area (Å²) < 4.78 is 10.3. The molecule has 0 aliphatic heterocycles. The summed E-state index contributed by atoms with van der Waals surface area (Å²) in [5.41, 5.74) is 6.21. The maximum Gasteiger partial charge on any atom is 0.353 e. The van der Waals surface area contributed by atoms with Crippen molar-refractivity contribution >= 4 is 35.2 Å². The van der Waals surface area contributed by atoms with Gasteiger partial charge >= 0.3 is 5.97 Å². The van der Waals surface area contributed by atoms with Crippen LogP contribution in [0.15, 0.2) is 48.2 Å². The highest BCUT2D eigenvalue weighted by molar-refractivity contribution is 6.31. The normalized spacial score (nSPS) is 11.1. The molecule has 2 aromatic carbocycles. The number of esters is 1. The summed E-state index contributed by atoms with van der Waals surface area (Å²) in [6.07, 6.45) is 1.46. The summed E-state index contributed by atoms with van der Waals surface area (Å²) in [5.74, 6) is 0.367. The molecule has 2 N–H and O–H groups in total. The van der Waals surface area contributed by atoms with Gasteiger partial charge in [-0.05, 0) is 36.4 Å². The van der Waals surface area contributed by atoms with Gasteiger partial charge in [-0.1, -0.05) is 29.3 Å². The monoisotopic (exact) mass is 337 g/mol. The van der Waals surface area contributed by atoms with Gasteiger partial charge in [0, 0.05) is 21.7 Å². The van der Waals surface area contributed by atoms with E-state index in [-0.39, 0.29) is 5.70 Å². The van der Waals surface area contributed by atoms with Gasteiger partial charge in [0.2, 0.25) is 0 Å². The Labute approximate surface area is 138 Å². The molecule has 0 heterocycles. The lowest BCUT2D eigenvalue weighted by Crippen LogP contribution is -2.12. The largest absolute Gasteiger partial charge is 0.464 e. The van der Waals surface area contributed by atoms with Crippen LogP contribution < -0.4 is 10.5 Å². The van der Waals surface area contributed by atoms with Crippen LogP contribution >= 0.6 is 23.2 Å². The fraction of sp³-hybridized carbons (Fsp3) is 0.0625. The quantitative estimate of drug-likeness (QED) is 0.668. The molecular weight excluding hydrogens is 325 g/mol. The van der Waals surface area contributed by atoms with E-state index < -0.39 is 5.97 Å². The van der Waals surface area contributed by atoms with Crippen LogP contribution in [0.25, 0.3) is 6.08 Å². The summed E-state index contributed by atoms with van der Waals surface area (Å²) >= 11 is 11.9. The van der Waals surface area contributed by atoms with E-state index in [1.54, 1.807) is 42.5 Å². The first-order valence-corrected chi connectivity index (χ1v) is 7.03. The summed E-state index contributed by atoms with van der Waals surface area (Å²) in [4.78, 5) is 11.4. The third-order valence-corrected chi connectivity index (χ3v) is 3.20. The van der Waals surface area contributed by atoms with Crippen LogP contribution in [-0.4, -0.2) is 13.1 Å². The zero-order valence-corrected chi connectivity index (χ0v) is 13.2. The molecular formula is C16H13Cl2NO3. The lowest BCUT2D eigenvalue weighted by Gasteiger charge is -2.10. The second-order valence-corrected chi connectivity index (χ2v) is 5.21. The third-order valence-electron chi connectivity index (χ3n) is 2.73. The van der Waals surface area contributed by atoms with E-state index in [9.17, 15) is 4.79 Å². The molecule has 22 heavy (non-hydrogen) atoms. The first-order valence-electron chi connectivity index (χ1n) is 6.28. The van der Waals surface area contributed by atoms with Gasteiger partial charge in [0.15, 0.2) is 0 Å². The van der Waals surface area contributed by atoms with Gasteiger partial charge in [0.05, 0.1) is 7.11 Å². The van der Waals surface area contributed by atoms with E-state index in [0.717, 1.165) is 0 Å². The molecule has 0 unspecified atom stereocenters. The number of hydrogen-bond acceptors (Lipinski definition) is 4. The lowest BCUT2D eigenvalue weighted by molar-refractivity contribution is -0.136. The van der Waals surface area contributed by atoms with Crippen LogP contribution in [0.1, 0.15) is 5.56 Å². The lowest BCUT2D eigenvalue weighted by atomic mass is 10.1. The Bertz CT molecular complexity index is 729. The molecule has 0 radical (unpaired) electrons. The van der Waals surface area contributed by atoms with Crippen molar-refractivity contribution in [3.63, 3.8) is 0 Å². The molecule has 2 aromatic rings. The van der Waals surface area contributed by atoms with Gasteiger partial charge in [0.25, 0.3) is 0 Å². The number of rotatable bonds is 4. The summed E-state index contributed by atoms with van der Waals surface area (Å²) in [5, 5.41) is 1.04. The molecule has 0 saturated heterocycles. The molecule has 0 fully saturated rings. The highest BCUT2D eigenvalue weighted by Crippen LogP contribution is 2.30. The van der Waals surface area contributed by atoms with E-state index >= 15 is 0 Å². The van der Waals surface area contributed by atoms with E-state index in [1.165, 1.54) is 13.2 Å². The summed E-state index contributed by atoms with van der Waals surface area (Å²) in [7, 11) is 1.26. The highest BCUT2D eigenvalue weighted by Gasteiger charge is 2.09. The van der Waals surface area contributed by atoms with Gasteiger partial charge < -0.3 is 15.2 Å². The molecule has 0 aromatic heterocycles. The zero-order valence-electron chi connectivity index (χ0n) is 11.7. The van der Waals surface area contributed by atoms with Crippen molar-refractivity contribution in [2.24, 2.45) is 5.73 Å². The van der Waals surface area contributed by atoms with Gasteiger partial charge in [-0.25, -0.2) is 4.79 Å². The number of halogens is 2. The van der Waals surface area contributed by atoms with Crippen molar-refractivity contribution in [3.8, 4) is 11.5 Å². The molecule has 0 spiro atoms. The number of ether oxygens (including phenoxy) is 2. The molecule has 0 saturated carbocycles. The van der Waals surface area contributed by atoms with Crippen molar-refractivity contribution < 1.29 is 14.3 Å². The SMILES string of the molecule is COC(=O)/C(N)=C/c1ccc(Cl)cc1Oc1cccc(Cl)c1. The number of carbonyl (C=O) groups is 1. The Morgan fingerprint density at radius 1 is 1.14 bits per heavy atom. The van der Waals surface area contributed by atoms with Crippen LogP contribution in [0.3, 0.4) is 0 Å². The number of methoxy groups -OCH3 is 1. The fourth-order valence-electron chi connectivity index (χ4n) is 1.72. The Morgan fingerprint density at radius 3 is 2.55 bits per heavy atom. The van der Waals surface area contributed by atoms with Crippen LogP contribution in [0, 0.1) is 0 Å². The van der Waals surface area contributed by atoms with Crippen molar-refractivity contribution in [1.82, 2.24) is 0 Å². The highest BCUT2D eigenvalue weighted by atomic mass is 35.5. The Hall–Kier alpha value is -2.17. The van der Waals surface area contributed by atoms with Gasteiger partial charge in [0.1, 0.15) is 17.2 Å². The smallest absolute Gasteiger partial charge is 0.353 e. The topological polar surface area (TPSA) is 61.5 Å². The van der Waals surface area contributed by atoms with E-state index in [4.69, 9.17) is 33.7 Å². The van der Waals surface area contributed by atoms with Crippen LogP contribution in [0.4, 0.5) is 0 Å². The van der Waals surface area contributed by atoms with E-state index in [1.807, 2.05) is 0 Å². The molecule has 0 amide bonds. The maximum absolute atomic E-state index is 11.4. The average molecular weight is 338 g/mol. The van der Waals surface area contributed by atoms with E-state index in [2.05, 4.69) is 4.74 Å². The molecule has 4 nitrogen and oxygen atoms in total. The van der Waals surface area contributed by atoms with Crippen molar-refractivity contribution in [1.29, 1.82) is 0 Å². The van der Waals surface area contributed by atoms with E-state index in [0.29, 0.717) is 27.1 Å². The first-order chi connectivity index (χ1) is 10.5. The number of carbonyl (C=O) groups excluding carboxylic acids is 1. The second-order valence-electron chi connectivity index (χ2n) is 4.33. The number of hydrogen-bond donors (Lipinski definition) is 1.